The smallest absolute Gasteiger partial charge is 0.159 e. The third-order valence-corrected chi connectivity index (χ3v) is 7.00. The van der Waals surface area contributed by atoms with Crippen molar-refractivity contribution in [3.63, 3.8) is 0 Å². The number of likely N-dealkylation sites (tertiary alicyclic amines) is 1. The van der Waals surface area contributed by atoms with Crippen molar-refractivity contribution in [3.8, 4) is 11.8 Å². The van der Waals surface area contributed by atoms with Gasteiger partial charge in [0.05, 0.1) is 36.0 Å². The zero-order chi connectivity index (χ0) is 27.9. The van der Waals surface area contributed by atoms with Crippen LogP contribution >= 0.6 is 11.6 Å². The molecular weight excluding hydrogens is 535 g/mol. The van der Waals surface area contributed by atoms with Gasteiger partial charge < -0.3 is 19.5 Å². The van der Waals surface area contributed by atoms with E-state index in [2.05, 4.69) is 32.0 Å². The predicted octanol–water partition coefficient (Wildman–Crippen LogP) is 4.32. The largest absolute Gasteiger partial charge is 0.372 e. The predicted molar refractivity (Wildman–Crippen MR) is 151 cm³/mol. The number of carbonyl (C=O) groups is 1. The van der Waals surface area contributed by atoms with Crippen molar-refractivity contribution in [1.29, 1.82) is 0 Å². The van der Waals surface area contributed by atoms with Gasteiger partial charge in [0.25, 0.3) is 0 Å². The lowest BCUT2D eigenvalue weighted by atomic mass is 9.99. The minimum Gasteiger partial charge on any atom is -0.372 e. The molecule has 3 heterocycles. The summed E-state index contributed by atoms with van der Waals surface area (Å²) in [5.74, 6) is 6.09. The van der Waals surface area contributed by atoms with E-state index in [1.807, 2.05) is 25.1 Å². The van der Waals surface area contributed by atoms with Crippen molar-refractivity contribution in [2.24, 2.45) is 0 Å². The number of nitrogens with zero attached hydrogens (tertiary/aromatic N) is 3. The fourth-order valence-electron chi connectivity index (χ4n) is 4.77. The molecule has 0 saturated carbocycles. The van der Waals surface area contributed by atoms with E-state index in [4.69, 9.17) is 25.8 Å². The number of allylic oxidation sites excluding steroid dienone is 1. The van der Waals surface area contributed by atoms with Gasteiger partial charge in [-0.25, -0.2) is 14.4 Å². The van der Waals surface area contributed by atoms with Crippen LogP contribution in [0.4, 0.5) is 15.9 Å². The van der Waals surface area contributed by atoms with Crippen LogP contribution in [0.3, 0.4) is 0 Å². The van der Waals surface area contributed by atoms with Gasteiger partial charge in [-0.2, -0.15) is 0 Å². The van der Waals surface area contributed by atoms with Gasteiger partial charge >= 0.3 is 0 Å². The lowest BCUT2D eigenvalue weighted by Gasteiger charge is -2.24. The van der Waals surface area contributed by atoms with Crippen molar-refractivity contribution < 1.29 is 23.4 Å². The van der Waals surface area contributed by atoms with E-state index in [-0.39, 0.29) is 36.0 Å². The van der Waals surface area contributed by atoms with Gasteiger partial charge in [0.2, 0.25) is 0 Å². The van der Waals surface area contributed by atoms with E-state index in [0.717, 1.165) is 18.7 Å². The highest BCUT2D eigenvalue weighted by molar-refractivity contribution is 6.31. The molecule has 0 aliphatic carbocycles. The first-order chi connectivity index (χ1) is 19.5. The Morgan fingerprint density at radius 1 is 1.23 bits per heavy atom. The van der Waals surface area contributed by atoms with Gasteiger partial charge in [-0.15, -0.1) is 0 Å². The van der Waals surface area contributed by atoms with Crippen LogP contribution in [0.25, 0.3) is 10.9 Å². The van der Waals surface area contributed by atoms with E-state index in [9.17, 15) is 9.18 Å². The number of hydrogen-bond acceptors (Lipinski definition) is 8. The molecule has 2 aliphatic rings. The molecule has 2 aromatic carbocycles. The number of ketones is 1. The number of hydrogen-bond donors (Lipinski definition) is 1. The summed E-state index contributed by atoms with van der Waals surface area (Å²) in [5, 5.41) is 3.88. The summed E-state index contributed by atoms with van der Waals surface area (Å²) in [6, 6.07) is 8.06. The Hall–Kier alpha value is -3.39. The molecular formula is C30H30ClFN4O4. The third-order valence-electron chi connectivity index (χ3n) is 6.71. The van der Waals surface area contributed by atoms with Crippen LogP contribution in [0, 0.1) is 17.7 Å². The summed E-state index contributed by atoms with van der Waals surface area (Å²) in [6.45, 7) is 6.25. The Balaban J connectivity index is 1.35. The molecule has 0 bridgehead atoms. The average molecular weight is 565 g/mol. The number of carbonyl (C=O) groups excluding carboxylic acids is 1. The van der Waals surface area contributed by atoms with Gasteiger partial charge in [-0.05, 0) is 48.9 Å². The molecule has 0 spiro atoms. The molecule has 1 N–H and O–H groups in total. The Morgan fingerprint density at radius 3 is 2.77 bits per heavy atom. The van der Waals surface area contributed by atoms with Crippen molar-refractivity contribution in [3.05, 3.63) is 70.8 Å². The number of fused-ring (bicyclic) bond motifs is 2. The van der Waals surface area contributed by atoms with Crippen LogP contribution < -0.4 is 5.32 Å². The molecule has 10 heteroatoms. The molecule has 2 saturated heterocycles. The number of rotatable bonds is 9. The van der Waals surface area contributed by atoms with E-state index in [1.54, 1.807) is 12.1 Å². The van der Waals surface area contributed by atoms with Crippen LogP contribution in [0.1, 0.15) is 18.1 Å². The van der Waals surface area contributed by atoms with Crippen molar-refractivity contribution in [2.45, 2.75) is 25.6 Å². The Labute approximate surface area is 237 Å². The highest BCUT2D eigenvalue weighted by Gasteiger charge is 2.35. The number of aromatic nitrogens is 2. The van der Waals surface area contributed by atoms with Crippen LogP contribution in [-0.4, -0.2) is 78.9 Å². The van der Waals surface area contributed by atoms with Crippen LogP contribution in [0.15, 0.2) is 48.8 Å². The second kappa shape index (κ2) is 13.3. The van der Waals surface area contributed by atoms with Crippen molar-refractivity contribution >= 4 is 39.8 Å². The van der Waals surface area contributed by atoms with Gasteiger partial charge in [-0.3, -0.25) is 9.69 Å². The maximum atomic E-state index is 13.6. The van der Waals surface area contributed by atoms with Crippen LogP contribution in [0.5, 0.6) is 0 Å². The second-order valence-corrected chi connectivity index (χ2v) is 9.93. The lowest BCUT2D eigenvalue weighted by molar-refractivity contribution is -0.116. The third kappa shape index (κ3) is 7.02. The first-order valence-corrected chi connectivity index (χ1v) is 13.6. The van der Waals surface area contributed by atoms with E-state index in [1.165, 1.54) is 18.5 Å². The summed E-state index contributed by atoms with van der Waals surface area (Å²) in [6.07, 6.45) is 5.29. The molecule has 3 aromatic rings. The number of halogens is 2. The maximum absolute atomic E-state index is 13.6. The molecule has 0 amide bonds. The molecule has 8 nitrogen and oxygen atoms in total. The van der Waals surface area contributed by atoms with Gasteiger partial charge in [0.1, 0.15) is 24.6 Å². The van der Waals surface area contributed by atoms with Gasteiger partial charge in [0, 0.05) is 49.3 Å². The lowest BCUT2D eigenvalue weighted by Crippen LogP contribution is -2.36. The quantitative estimate of drug-likeness (QED) is 0.234. The second-order valence-electron chi connectivity index (χ2n) is 9.52. The molecule has 2 aliphatic heterocycles. The Kier molecular flexibility index (Phi) is 9.37. The first kappa shape index (κ1) is 28.1. The zero-order valence-corrected chi connectivity index (χ0v) is 22.9. The van der Waals surface area contributed by atoms with E-state index >= 15 is 0 Å². The summed E-state index contributed by atoms with van der Waals surface area (Å²) in [4.78, 5) is 24.0. The SMILES string of the molecule is CCOCC#Cc1cc2ncnc(Nc3ccc(F)c(Cl)c3)c2cc1CC(=O)/C=C/CN1CC2OCCOC2C1. The molecule has 0 radical (unpaired) electrons. The number of nitrogens with one attached hydrogen (secondary N) is 1. The van der Waals surface area contributed by atoms with E-state index < -0.39 is 5.82 Å². The van der Waals surface area contributed by atoms with Crippen molar-refractivity contribution in [1.82, 2.24) is 14.9 Å². The number of benzene rings is 2. The minimum atomic E-state index is -0.506. The zero-order valence-electron chi connectivity index (χ0n) is 22.2. The number of anilines is 2. The van der Waals surface area contributed by atoms with E-state index in [0.29, 0.717) is 54.3 Å². The highest BCUT2D eigenvalue weighted by Crippen LogP contribution is 2.28. The fraction of sp³-hybridized carbons (Fsp3) is 0.367. The normalized spacial score (nSPS) is 19.0. The summed E-state index contributed by atoms with van der Waals surface area (Å²) >= 11 is 5.95. The molecule has 208 valence electrons. The molecule has 2 unspecified atom stereocenters. The summed E-state index contributed by atoms with van der Waals surface area (Å²) in [7, 11) is 0. The molecule has 2 fully saturated rings. The Morgan fingerprint density at radius 2 is 2.02 bits per heavy atom. The molecule has 2 atom stereocenters. The van der Waals surface area contributed by atoms with Crippen molar-refractivity contribution in [2.75, 3.05) is 51.4 Å². The fourth-order valence-corrected chi connectivity index (χ4v) is 4.95. The highest BCUT2D eigenvalue weighted by atomic mass is 35.5. The van der Waals surface area contributed by atoms with Gasteiger partial charge in [0.15, 0.2) is 5.78 Å². The molecule has 1 aromatic heterocycles. The average Bonchev–Trinajstić information content (AvgIpc) is 3.36. The van der Waals surface area contributed by atoms with Crippen LogP contribution in [-0.2, 0) is 25.4 Å². The molecule has 40 heavy (non-hydrogen) atoms. The topological polar surface area (TPSA) is 85.8 Å². The minimum absolute atomic E-state index is 0.000962. The molecule has 5 rings (SSSR count). The maximum Gasteiger partial charge on any atom is 0.159 e. The van der Waals surface area contributed by atoms with Gasteiger partial charge in [-0.1, -0.05) is 29.5 Å². The van der Waals surface area contributed by atoms with Crippen LogP contribution in [0.2, 0.25) is 5.02 Å². The standard InChI is InChI=1S/C30H30ClFN4O4/c1-2-38-10-4-5-20-15-27-24(30(34-19-33-27)35-22-7-8-26(32)25(31)16-22)14-21(20)13-23(37)6-3-9-36-17-28-29(18-36)40-12-11-39-28/h3,6-8,14-16,19,28-29H,2,9-13,17-18H2,1H3,(H,33,34,35)/b6-3+. The monoisotopic (exact) mass is 564 g/mol. The Bertz CT molecular complexity index is 1460. The summed E-state index contributed by atoms with van der Waals surface area (Å²) < 4.78 is 30.6. The first-order valence-electron chi connectivity index (χ1n) is 13.2. The number of ether oxygens (including phenoxy) is 3. The summed E-state index contributed by atoms with van der Waals surface area (Å²) in [5.41, 5.74) is 2.67.